The lowest BCUT2D eigenvalue weighted by Crippen LogP contribution is -2.46. The molecule has 1 atom stereocenters. The van der Waals surface area contributed by atoms with Crippen molar-refractivity contribution in [3.8, 4) is 0 Å². The van der Waals surface area contributed by atoms with Gasteiger partial charge < -0.3 is 4.74 Å². The van der Waals surface area contributed by atoms with Crippen LogP contribution in [0, 0.1) is 0 Å². The van der Waals surface area contributed by atoms with Crippen LogP contribution in [0.1, 0.15) is 17.8 Å². The Hall–Kier alpha value is -0.130. The van der Waals surface area contributed by atoms with Crippen LogP contribution >= 0.6 is 22.9 Å². The molecule has 0 spiro atoms. The fourth-order valence-corrected chi connectivity index (χ4v) is 2.65. The highest BCUT2D eigenvalue weighted by molar-refractivity contribution is 7.16. The molecule has 0 saturated carbocycles. The molecule has 1 fully saturated rings. The first kappa shape index (κ1) is 11.4. The predicted octanol–water partition coefficient (Wildman–Crippen LogP) is 2.30. The van der Waals surface area contributed by atoms with E-state index in [2.05, 4.69) is 23.4 Å². The van der Waals surface area contributed by atoms with Crippen molar-refractivity contribution in [3.63, 3.8) is 0 Å². The Balaban J connectivity index is 1.88. The molecule has 1 unspecified atom stereocenters. The maximum atomic E-state index is 5.90. The van der Waals surface area contributed by atoms with E-state index in [1.54, 1.807) is 11.3 Å². The highest BCUT2D eigenvalue weighted by Gasteiger charge is 2.14. The van der Waals surface area contributed by atoms with Crippen molar-refractivity contribution in [3.05, 3.63) is 21.3 Å². The smallest absolute Gasteiger partial charge is 0.0931 e. The van der Waals surface area contributed by atoms with E-state index in [0.29, 0.717) is 6.04 Å². The summed E-state index contributed by atoms with van der Waals surface area (Å²) in [5.74, 6) is 0. The number of hydrazine groups is 1. The minimum absolute atomic E-state index is 0.320. The summed E-state index contributed by atoms with van der Waals surface area (Å²) in [4.78, 5) is 1.27. The molecule has 5 heteroatoms. The van der Waals surface area contributed by atoms with E-state index in [4.69, 9.17) is 16.3 Å². The third-order valence-corrected chi connectivity index (χ3v) is 3.82. The summed E-state index contributed by atoms with van der Waals surface area (Å²) >= 11 is 7.53. The van der Waals surface area contributed by atoms with Crippen molar-refractivity contribution in [1.82, 2.24) is 10.4 Å². The van der Waals surface area contributed by atoms with E-state index in [9.17, 15) is 0 Å². The first-order valence-electron chi connectivity index (χ1n) is 5.10. The zero-order chi connectivity index (χ0) is 10.7. The van der Waals surface area contributed by atoms with Crippen molar-refractivity contribution in [1.29, 1.82) is 0 Å². The standard InChI is InChI=1S/C10H15ClN2OS/c1-8(9-2-3-10(11)15-9)12-13-4-6-14-7-5-13/h2-3,8,12H,4-7H2,1H3. The Morgan fingerprint density at radius 3 is 2.80 bits per heavy atom. The van der Waals surface area contributed by atoms with E-state index in [1.807, 2.05) is 6.07 Å². The molecule has 1 N–H and O–H groups in total. The Bertz CT molecular complexity index is 312. The number of halogens is 1. The topological polar surface area (TPSA) is 24.5 Å². The highest BCUT2D eigenvalue weighted by Crippen LogP contribution is 2.26. The molecule has 0 aliphatic carbocycles. The maximum absolute atomic E-state index is 5.90. The number of morpholine rings is 1. The Kier molecular flexibility index (Phi) is 3.99. The zero-order valence-electron chi connectivity index (χ0n) is 8.70. The zero-order valence-corrected chi connectivity index (χ0v) is 10.3. The van der Waals surface area contributed by atoms with Gasteiger partial charge >= 0.3 is 0 Å². The number of ether oxygens (including phenoxy) is 1. The number of nitrogens with one attached hydrogen (secondary N) is 1. The second-order valence-corrected chi connectivity index (χ2v) is 5.34. The Morgan fingerprint density at radius 2 is 2.20 bits per heavy atom. The molecule has 2 heterocycles. The summed E-state index contributed by atoms with van der Waals surface area (Å²) in [6.07, 6.45) is 0. The van der Waals surface area contributed by atoms with Gasteiger partial charge in [0.1, 0.15) is 0 Å². The molecular formula is C10H15ClN2OS. The van der Waals surface area contributed by atoms with E-state index >= 15 is 0 Å². The summed E-state index contributed by atoms with van der Waals surface area (Å²) in [6, 6.07) is 4.34. The fraction of sp³-hybridized carbons (Fsp3) is 0.600. The number of hydrogen-bond donors (Lipinski definition) is 1. The first-order chi connectivity index (χ1) is 7.25. The van der Waals surface area contributed by atoms with Crippen molar-refractivity contribution in [2.24, 2.45) is 0 Å². The molecule has 0 radical (unpaired) electrons. The molecule has 1 aliphatic heterocycles. The van der Waals surface area contributed by atoms with Crippen LogP contribution in [-0.2, 0) is 4.74 Å². The number of thiophene rings is 1. The molecule has 0 amide bonds. The molecule has 15 heavy (non-hydrogen) atoms. The minimum atomic E-state index is 0.320. The third-order valence-electron chi connectivity index (χ3n) is 2.41. The van der Waals surface area contributed by atoms with Crippen molar-refractivity contribution < 1.29 is 4.74 Å². The quantitative estimate of drug-likeness (QED) is 0.886. The predicted molar refractivity (Wildman–Crippen MR) is 63.3 cm³/mol. The minimum Gasteiger partial charge on any atom is -0.379 e. The van der Waals surface area contributed by atoms with Gasteiger partial charge in [0.05, 0.1) is 23.6 Å². The van der Waals surface area contributed by atoms with E-state index in [1.165, 1.54) is 4.88 Å². The van der Waals surface area contributed by atoms with Crippen LogP contribution in [0.2, 0.25) is 4.34 Å². The molecular weight excluding hydrogens is 232 g/mol. The number of nitrogens with zero attached hydrogens (tertiary/aromatic N) is 1. The second kappa shape index (κ2) is 5.27. The summed E-state index contributed by atoms with van der Waals surface area (Å²) < 4.78 is 6.14. The van der Waals surface area contributed by atoms with Crippen LogP contribution in [0.3, 0.4) is 0 Å². The average molecular weight is 247 g/mol. The number of hydrogen-bond acceptors (Lipinski definition) is 4. The monoisotopic (exact) mass is 246 g/mol. The van der Waals surface area contributed by atoms with Crippen molar-refractivity contribution in [2.45, 2.75) is 13.0 Å². The van der Waals surface area contributed by atoms with Crippen LogP contribution < -0.4 is 5.43 Å². The van der Waals surface area contributed by atoms with Crippen LogP contribution in [0.15, 0.2) is 12.1 Å². The van der Waals surface area contributed by atoms with Gasteiger partial charge in [0.2, 0.25) is 0 Å². The first-order valence-corrected chi connectivity index (χ1v) is 6.29. The molecule has 1 saturated heterocycles. The lowest BCUT2D eigenvalue weighted by molar-refractivity contribution is 0.00511. The molecule has 1 aliphatic rings. The molecule has 0 aromatic carbocycles. The van der Waals surface area contributed by atoms with Crippen LogP contribution in [-0.4, -0.2) is 31.3 Å². The van der Waals surface area contributed by atoms with Gasteiger partial charge in [0, 0.05) is 18.0 Å². The third kappa shape index (κ3) is 3.16. The van der Waals surface area contributed by atoms with Gasteiger partial charge in [-0.05, 0) is 19.1 Å². The van der Waals surface area contributed by atoms with Gasteiger partial charge in [0.15, 0.2) is 0 Å². The summed E-state index contributed by atoms with van der Waals surface area (Å²) in [5, 5.41) is 2.21. The molecule has 1 aromatic rings. The van der Waals surface area contributed by atoms with Gasteiger partial charge in [-0.15, -0.1) is 11.3 Å². The normalized spacial score (nSPS) is 20.4. The summed E-state index contributed by atoms with van der Waals surface area (Å²) in [6.45, 7) is 5.67. The van der Waals surface area contributed by atoms with Crippen LogP contribution in [0.4, 0.5) is 0 Å². The van der Waals surface area contributed by atoms with E-state index in [-0.39, 0.29) is 0 Å². The van der Waals surface area contributed by atoms with Gasteiger partial charge in [-0.1, -0.05) is 11.6 Å². The van der Waals surface area contributed by atoms with Crippen molar-refractivity contribution in [2.75, 3.05) is 26.3 Å². The Labute approximate surface area is 99.0 Å². The van der Waals surface area contributed by atoms with Gasteiger partial charge in [0.25, 0.3) is 0 Å². The van der Waals surface area contributed by atoms with Crippen LogP contribution in [0.5, 0.6) is 0 Å². The molecule has 84 valence electrons. The van der Waals surface area contributed by atoms with Crippen LogP contribution in [0.25, 0.3) is 0 Å². The van der Waals surface area contributed by atoms with Gasteiger partial charge in [-0.2, -0.15) is 0 Å². The molecule has 1 aromatic heterocycles. The lowest BCUT2D eigenvalue weighted by atomic mass is 10.3. The van der Waals surface area contributed by atoms with Gasteiger partial charge in [-0.3, -0.25) is 0 Å². The van der Waals surface area contributed by atoms with E-state index < -0.39 is 0 Å². The highest BCUT2D eigenvalue weighted by atomic mass is 35.5. The molecule has 0 bridgehead atoms. The average Bonchev–Trinajstić information content (AvgIpc) is 2.66. The SMILES string of the molecule is CC(NN1CCOCC1)c1ccc(Cl)s1. The molecule has 3 nitrogen and oxygen atoms in total. The lowest BCUT2D eigenvalue weighted by Gasteiger charge is -2.29. The van der Waals surface area contributed by atoms with Gasteiger partial charge in [-0.25, -0.2) is 10.4 Å². The summed E-state index contributed by atoms with van der Waals surface area (Å²) in [5.41, 5.74) is 3.45. The van der Waals surface area contributed by atoms with E-state index in [0.717, 1.165) is 30.6 Å². The summed E-state index contributed by atoms with van der Waals surface area (Å²) in [7, 11) is 0. The fourth-order valence-electron chi connectivity index (χ4n) is 1.59. The number of rotatable bonds is 3. The second-order valence-electron chi connectivity index (χ2n) is 3.59. The largest absolute Gasteiger partial charge is 0.379 e. The molecule has 2 rings (SSSR count). The Morgan fingerprint density at radius 1 is 1.47 bits per heavy atom. The maximum Gasteiger partial charge on any atom is 0.0931 e. The van der Waals surface area contributed by atoms with Crippen molar-refractivity contribution >= 4 is 22.9 Å².